The summed E-state index contributed by atoms with van der Waals surface area (Å²) >= 11 is 3.54. The van der Waals surface area contributed by atoms with Crippen LogP contribution in [-0.2, 0) is 9.53 Å². The fraction of sp³-hybridized carbons (Fsp3) is 0.333. The van der Waals surface area contributed by atoms with Crippen LogP contribution in [0.25, 0.3) is 0 Å². The minimum atomic E-state index is -0.477. The molecule has 2 amide bonds. The predicted molar refractivity (Wildman–Crippen MR) is 109 cm³/mol. The number of rotatable bonds is 5. The van der Waals surface area contributed by atoms with E-state index in [1.54, 1.807) is 24.1 Å². The van der Waals surface area contributed by atoms with E-state index < -0.39 is 5.91 Å². The second-order valence-electron chi connectivity index (χ2n) is 6.50. The van der Waals surface area contributed by atoms with Crippen LogP contribution in [0.1, 0.15) is 36.2 Å². The van der Waals surface area contributed by atoms with Crippen molar-refractivity contribution in [1.29, 1.82) is 0 Å². The van der Waals surface area contributed by atoms with Crippen molar-refractivity contribution < 1.29 is 18.7 Å². The average molecular weight is 447 g/mol. The summed E-state index contributed by atoms with van der Waals surface area (Å²) in [6.07, 6.45) is 12.9. The quantitative estimate of drug-likeness (QED) is 0.692. The lowest BCUT2D eigenvalue weighted by Gasteiger charge is -2.28. The lowest BCUT2D eigenvalue weighted by atomic mass is 10.1. The first-order valence-corrected chi connectivity index (χ1v) is 10.1. The highest BCUT2D eigenvalue weighted by molar-refractivity contribution is 9.12. The van der Waals surface area contributed by atoms with Crippen LogP contribution in [0.5, 0.6) is 0 Å². The second kappa shape index (κ2) is 9.59. The third-order valence-corrected chi connectivity index (χ3v) is 5.43. The summed E-state index contributed by atoms with van der Waals surface area (Å²) in [5, 5.41) is 2.74. The van der Waals surface area contributed by atoms with E-state index in [2.05, 4.69) is 21.2 Å². The average Bonchev–Trinajstić information content (AvgIpc) is 3.17. The molecule has 28 heavy (non-hydrogen) atoms. The molecule has 148 valence electrons. The number of ether oxygens (including phenoxy) is 1. The Morgan fingerprint density at radius 1 is 1.18 bits per heavy atom. The molecule has 0 aromatic carbocycles. The molecule has 2 aliphatic rings. The van der Waals surface area contributed by atoms with Crippen LogP contribution in [-0.4, -0.2) is 36.9 Å². The molecule has 1 aliphatic carbocycles. The molecular formula is C21H23BrN2O4. The van der Waals surface area contributed by atoms with Gasteiger partial charge in [-0.15, -0.1) is 0 Å². The van der Waals surface area contributed by atoms with E-state index in [1.807, 2.05) is 24.3 Å². The third kappa shape index (κ3) is 4.65. The first-order chi connectivity index (χ1) is 13.6. The highest BCUT2D eigenvalue weighted by Crippen LogP contribution is 2.29. The molecule has 0 atom stereocenters. The van der Waals surface area contributed by atoms with Gasteiger partial charge in [0.05, 0.1) is 17.9 Å². The molecule has 3 rings (SSSR count). The fourth-order valence-electron chi connectivity index (χ4n) is 3.15. The zero-order valence-electron chi connectivity index (χ0n) is 15.7. The van der Waals surface area contributed by atoms with Crippen LogP contribution in [0.2, 0.25) is 0 Å². The van der Waals surface area contributed by atoms with Gasteiger partial charge in [0.25, 0.3) is 11.8 Å². The Bertz CT molecular complexity index is 844. The standard InChI is InChI=1S/C21H23BrN2O4/c1-27-16-10-5-2-4-9-15(16)18(22)19(21(26)24-12-6-3-7-13-24)23-20(25)17-11-8-14-28-17/h4-5,8-11,14H,2-3,6-7,12-13H2,1H3,(H,23,25)/b19-18+. The maximum atomic E-state index is 13.3. The largest absolute Gasteiger partial charge is 0.496 e. The predicted octanol–water partition coefficient (Wildman–Crippen LogP) is 4.05. The molecule has 0 saturated carbocycles. The lowest BCUT2D eigenvalue weighted by Crippen LogP contribution is -2.41. The SMILES string of the molecule is COC1=C(/C(Br)=C(\NC(=O)c2ccco2)C(=O)N2CCCCC2)C=CCC=C1. The molecule has 1 N–H and O–H groups in total. The molecule has 0 bridgehead atoms. The number of amides is 2. The molecule has 2 heterocycles. The van der Waals surface area contributed by atoms with Gasteiger partial charge >= 0.3 is 0 Å². The fourth-order valence-corrected chi connectivity index (χ4v) is 3.74. The van der Waals surface area contributed by atoms with E-state index in [9.17, 15) is 9.59 Å². The summed E-state index contributed by atoms with van der Waals surface area (Å²) in [7, 11) is 1.58. The number of methoxy groups -OCH3 is 1. The van der Waals surface area contributed by atoms with Gasteiger partial charge in [-0.1, -0.05) is 18.2 Å². The van der Waals surface area contributed by atoms with Crippen LogP contribution in [0, 0.1) is 0 Å². The van der Waals surface area contributed by atoms with Gasteiger partial charge in [-0.05, 0) is 59.8 Å². The van der Waals surface area contributed by atoms with Crippen molar-refractivity contribution in [2.45, 2.75) is 25.7 Å². The maximum absolute atomic E-state index is 13.3. The number of furan rings is 1. The number of piperidine rings is 1. The van der Waals surface area contributed by atoms with Gasteiger partial charge in [0, 0.05) is 18.7 Å². The molecule has 0 spiro atoms. The molecule has 0 unspecified atom stereocenters. The topological polar surface area (TPSA) is 71.8 Å². The summed E-state index contributed by atoms with van der Waals surface area (Å²) in [6, 6.07) is 3.19. The van der Waals surface area contributed by atoms with E-state index in [1.165, 1.54) is 6.26 Å². The second-order valence-corrected chi connectivity index (χ2v) is 7.29. The Balaban J connectivity index is 2.01. The summed E-state index contributed by atoms with van der Waals surface area (Å²) in [4.78, 5) is 27.6. The molecule has 0 radical (unpaired) electrons. The Labute approximate surface area is 172 Å². The minimum absolute atomic E-state index is 0.140. The minimum Gasteiger partial charge on any atom is -0.496 e. The monoisotopic (exact) mass is 446 g/mol. The van der Waals surface area contributed by atoms with Gasteiger partial charge in [0.15, 0.2) is 5.76 Å². The number of nitrogens with zero attached hydrogens (tertiary/aromatic N) is 1. The lowest BCUT2D eigenvalue weighted by molar-refractivity contribution is -0.128. The molecule has 7 heteroatoms. The van der Waals surface area contributed by atoms with Crippen molar-refractivity contribution in [3.8, 4) is 0 Å². The van der Waals surface area contributed by atoms with E-state index in [4.69, 9.17) is 9.15 Å². The van der Waals surface area contributed by atoms with Gasteiger partial charge < -0.3 is 19.4 Å². The number of carbonyl (C=O) groups is 2. The Morgan fingerprint density at radius 3 is 2.61 bits per heavy atom. The number of hydrogen-bond acceptors (Lipinski definition) is 4. The van der Waals surface area contributed by atoms with Crippen LogP contribution >= 0.6 is 15.9 Å². The van der Waals surface area contributed by atoms with Crippen LogP contribution in [0.15, 0.2) is 68.6 Å². The van der Waals surface area contributed by atoms with Crippen molar-refractivity contribution in [2.24, 2.45) is 0 Å². The number of hydrogen-bond donors (Lipinski definition) is 1. The molecular weight excluding hydrogens is 424 g/mol. The van der Waals surface area contributed by atoms with E-state index in [0.717, 1.165) is 25.7 Å². The number of nitrogens with one attached hydrogen (secondary N) is 1. The van der Waals surface area contributed by atoms with E-state index in [0.29, 0.717) is 28.9 Å². The molecule has 1 saturated heterocycles. The molecule has 1 aliphatic heterocycles. The smallest absolute Gasteiger partial charge is 0.291 e. The first-order valence-electron chi connectivity index (χ1n) is 9.27. The molecule has 1 aromatic rings. The normalized spacial score (nSPS) is 17.9. The van der Waals surface area contributed by atoms with Crippen molar-refractivity contribution in [3.63, 3.8) is 0 Å². The molecule has 1 aromatic heterocycles. The van der Waals surface area contributed by atoms with Crippen LogP contribution in [0.3, 0.4) is 0 Å². The highest BCUT2D eigenvalue weighted by atomic mass is 79.9. The highest BCUT2D eigenvalue weighted by Gasteiger charge is 2.27. The maximum Gasteiger partial charge on any atom is 0.291 e. The number of allylic oxidation sites excluding steroid dienone is 6. The number of halogens is 1. The van der Waals surface area contributed by atoms with Gasteiger partial charge in [-0.3, -0.25) is 9.59 Å². The zero-order chi connectivity index (χ0) is 19.9. The van der Waals surface area contributed by atoms with Gasteiger partial charge in [0.1, 0.15) is 11.5 Å². The van der Waals surface area contributed by atoms with E-state index >= 15 is 0 Å². The summed E-state index contributed by atoms with van der Waals surface area (Å²) in [6.45, 7) is 1.34. The summed E-state index contributed by atoms with van der Waals surface area (Å²) in [5.41, 5.74) is 0.865. The molecule has 6 nitrogen and oxygen atoms in total. The van der Waals surface area contributed by atoms with Crippen molar-refractivity contribution in [2.75, 3.05) is 20.2 Å². The van der Waals surface area contributed by atoms with Crippen LogP contribution < -0.4 is 5.32 Å². The van der Waals surface area contributed by atoms with Gasteiger partial charge in [-0.25, -0.2) is 0 Å². The van der Waals surface area contributed by atoms with Crippen molar-refractivity contribution in [1.82, 2.24) is 10.2 Å². The Hall–Kier alpha value is -2.54. The van der Waals surface area contributed by atoms with Crippen LogP contribution in [0.4, 0.5) is 0 Å². The van der Waals surface area contributed by atoms with Gasteiger partial charge in [0.2, 0.25) is 0 Å². The first kappa shape index (κ1) is 20.2. The van der Waals surface area contributed by atoms with E-state index in [-0.39, 0.29) is 17.4 Å². The zero-order valence-corrected chi connectivity index (χ0v) is 17.3. The summed E-state index contributed by atoms with van der Waals surface area (Å²) < 4.78 is 11.1. The third-order valence-electron chi connectivity index (χ3n) is 4.61. The van der Waals surface area contributed by atoms with Gasteiger partial charge in [-0.2, -0.15) is 0 Å². The summed E-state index contributed by atoms with van der Waals surface area (Å²) in [5.74, 6) is 0.0457. The Morgan fingerprint density at radius 2 is 1.93 bits per heavy atom. The van der Waals surface area contributed by atoms with Crippen molar-refractivity contribution in [3.05, 3.63) is 70.0 Å². The molecule has 1 fully saturated rings. The Kier molecular flexibility index (Phi) is 6.92. The van der Waals surface area contributed by atoms with Crippen molar-refractivity contribution >= 4 is 27.7 Å². The number of carbonyl (C=O) groups excluding carboxylic acids is 2. The number of likely N-dealkylation sites (tertiary alicyclic amines) is 1.